The van der Waals surface area contributed by atoms with Gasteiger partial charge in [-0.15, -0.1) is 0 Å². The van der Waals surface area contributed by atoms with E-state index in [0.717, 1.165) is 24.2 Å². The average Bonchev–Trinajstić information content (AvgIpc) is 2.80. The van der Waals surface area contributed by atoms with Crippen molar-refractivity contribution in [1.29, 1.82) is 0 Å². The molecule has 168 valence electrons. The number of carbonyl (C=O) groups excluding carboxylic acids is 1. The van der Waals surface area contributed by atoms with Crippen molar-refractivity contribution >= 4 is 21.6 Å². The molecule has 1 aliphatic rings. The molecule has 2 aromatic rings. The topological polar surface area (TPSA) is 69.7 Å². The van der Waals surface area contributed by atoms with Gasteiger partial charge in [0.05, 0.1) is 5.75 Å². The number of carbonyl (C=O) groups is 1. The number of likely N-dealkylation sites (N-methyl/N-ethyl adjacent to an activating group) is 1. The van der Waals surface area contributed by atoms with Gasteiger partial charge < -0.3 is 10.2 Å². The second-order valence-electron chi connectivity index (χ2n) is 8.13. The summed E-state index contributed by atoms with van der Waals surface area (Å²) in [4.78, 5) is 14.6. The molecule has 6 nitrogen and oxygen atoms in total. The predicted octanol–water partition coefficient (Wildman–Crippen LogP) is 2.91. The van der Waals surface area contributed by atoms with Gasteiger partial charge in [-0.3, -0.25) is 4.79 Å². The number of anilines is 1. The van der Waals surface area contributed by atoms with Gasteiger partial charge in [-0.05, 0) is 43.4 Å². The minimum Gasteiger partial charge on any atom is -0.373 e. The molecule has 0 aromatic heterocycles. The number of para-hydroxylation sites is 1. The Morgan fingerprint density at radius 2 is 1.65 bits per heavy atom. The Morgan fingerprint density at radius 3 is 2.29 bits per heavy atom. The largest absolute Gasteiger partial charge is 0.373 e. The van der Waals surface area contributed by atoms with Crippen LogP contribution in [-0.2, 0) is 21.2 Å². The fourth-order valence-electron chi connectivity index (χ4n) is 3.93. The number of nitrogens with zero attached hydrogens (tertiary/aromatic N) is 2. The highest BCUT2D eigenvalue weighted by atomic mass is 32.2. The summed E-state index contributed by atoms with van der Waals surface area (Å²) in [7, 11) is -1.26. The molecule has 1 aliphatic heterocycles. The van der Waals surface area contributed by atoms with E-state index < -0.39 is 10.0 Å². The summed E-state index contributed by atoms with van der Waals surface area (Å²) >= 11 is 0. The lowest BCUT2D eigenvalue weighted by molar-refractivity contribution is -0.126. The third-order valence-electron chi connectivity index (χ3n) is 5.87. The number of nitrogens with one attached hydrogen (secondary N) is 1. The third-order valence-corrected chi connectivity index (χ3v) is 7.83. The number of benzene rings is 2. The molecule has 0 aliphatic carbocycles. The van der Waals surface area contributed by atoms with Gasteiger partial charge in [0.2, 0.25) is 15.9 Å². The van der Waals surface area contributed by atoms with Crippen molar-refractivity contribution < 1.29 is 13.2 Å². The van der Waals surface area contributed by atoms with Crippen LogP contribution in [0.1, 0.15) is 24.8 Å². The zero-order valence-corrected chi connectivity index (χ0v) is 19.1. The number of piperidine rings is 1. The second-order valence-corrected chi connectivity index (χ2v) is 10.2. The minimum absolute atomic E-state index is 0.0302. The number of rotatable bonds is 10. The molecule has 1 saturated heterocycles. The zero-order valence-electron chi connectivity index (χ0n) is 18.2. The van der Waals surface area contributed by atoms with Crippen molar-refractivity contribution in [1.82, 2.24) is 9.62 Å². The van der Waals surface area contributed by atoms with Gasteiger partial charge in [0.25, 0.3) is 0 Å². The lowest BCUT2D eigenvalue weighted by Crippen LogP contribution is -2.44. The highest BCUT2D eigenvalue weighted by molar-refractivity contribution is 7.89. The van der Waals surface area contributed by atoms with Gasteiger partial charge >= 0.3 is 0 Å². The van der Waals surface area contributed by atoms with E-state index >= 15 is 0 Å². The van der Waals surface area contributed by atoms with Crippen LogP contribution in [0.2, 0.25) is 0 Å². The van der Waals surface area contributed by atoms with Gasteiger partial charge in [-0.1, -0.05) is 48.5 Å². The second kappa shape index (κ2) is 11.3. The van der Waals surface area contributed by atoms with Gasteiger partial charge in [-0.25, -0.2) is 12.7 Å². The van der Waals surface area contributed by atoms with Gasteiger partial charge in [0.1, 0.15) is 0 Å². The van der Waals surface area contributed by atoms with E-state index in [2.05, 4.69) is 10.2 Å². The number of sulfonamides is 1. The normalized spacial score (nSPS) is 15.5. The molecular weight excluding hydrogens is 410 g/mol. The van der Waals surface area contributed by atoms with Crippen LogP contribution in [0, 0.1) is 5.92 Å². The van der Waals surface area contributed by atoms with Crippen LogP contribution in [0.5, 0.6) is 0 Å². The van der Waals surface area contributed by atoms with Gasteiger partial charge in [0, 0.05) is 44.8 Å². The first kappa shape index (κ1) is 23.3. The molecule has 0 atom stereocenters. The SMILES string of the molecule is CN(CCNC(=O)C1CCN(S(=O)(=O)CCCc2ccccc2)CC1)c1ccccc1. The van der Waals surface area contributed by atoms with E-state index in [1.54, 1.807) is 4.31 Å². The van der Waals surface area contributed by atoms with Crippen LogP contribution in [0.15, 0.2) is 60.7 Å². The summed E-state index contributed by atoms with van der Waals surface area (Å²) in [6.07, 6.45) is 2.54. The van der Waals surface area contributed by atoms with Crippen LogP contribution in [0.25, 0.3) is 0 Å². The molecule has 1 amide bonds. The Hall–Kier alpha value is -2.38. The molecule has 31 heavy (non-hydrogen) atoms. The quantitative estimate of drug-likeness (QED) is 0.613. The van der Waals surface area contributed by atoms with E-state index in [0.29, 0.717) is 38.9 Å². The van der Waals surface area contributed by atoms with Crippen molar-refractivity contribution in [2.75, 3.05) is 43.9 Å². The van der Waals surface area contributed by atoms with Gasteiger partial charge in [0.15, 0.2) is 0 Å². The number of aryl methyl sites for hydroxylation is 1. The first-order valence-electron chi connectivity index (χ1n) is 11.0. The van der Waals surface area contributed by atoms with Crippen LogP contribution >= 0.6 is 0 Å². The van der Waals surface area contributed by atoms with E-state index in [1.807, 2.05) is 67.7 Å². The van der Waals surface area contributed by atoms with Crippen molar-refractivity contribution in [2.24, 2.45) is 5.92 Å². The summed E-state index contributed by atoms with van der Waals surface area (Å²) < 4.78 is 26.9. The highest BCUT2D eigenvalue weighted by Crippen LogP contribution is 2.21. The summed E-state index contributed by atoms with van der Waals surface area (Å²) in [6.45, 7) is 2.15. The number of hydrogen-bond acceptors (Lipinski definition) is 4. The van der Waals surface area contributed by atoms with Crippen molar-refractivity contribution in [3.63, 3.8) is 0 Å². The smallest absolute Gasteiger partial charge is 0.223 e. The van der Waals surface area contributed by atoms with Crippen LogP contribution in [0.4, 0.5) is 5.69 Å². The predicted molar refractivity (Wildman–Crippen MR) is 126 cm³/mol. The summed E-state index contributed by atoms with van der Waals surface area (Å²) in [5.41, 5.74) is 2.27. The first-order valence-corrected chi connectivity index (χ1v) is 12.6. The van der Waals surface area contributed by atoms with Crippen molar-refractivity contribution in [2.45, 2.75) is 25.7 Å². The van der Waals surface area contributed by atoms with Crippen molar-refractivity contribution in [3.8, 4) is 0 Å². The minimum atomic E-state index is -3.27. The summed E-state index contributed by atoms with van der Waals surface area (Å²) in [5.74, 6) is 0.0743. The lowest BCUT2D eigenvalue weighted by atomic mass is 9.97. The maximum Gasteiger partial charge on any atom is 0.223 e. The molecule has 0 saturated carbocycles. The fraction of sp³-hybridized carbons (Fsp3) is 0.458. The molecule has 0 unspecified atom stereocenters. The van der Waals surface area contributed by atoms with Gasteiger partial charge in [-0.2, -0.15) is 0 Å². The Morgan fingerprint density at radius 1 is 1.03 bits per heavy atom. The number of hydrogen-bond donors (Lipinski definition) is 1. The molecule has 3 rings (SSSR count). The molecule has 1 heterocycles. The molecule has 0 radical (unpaired) electrons. The molecule has 1 N–H and O–H groups in total. The van der Waals surface area contributed by atoms with Crippen LogP contribution in [0.3, 0.4) is 0 Å². The highest BCUT2D eigenvalue weighted by Gasteiger charge is 2.30. The molecule has 7 heteroatoms. The van der Waals surface area contributed by atoms with Crippen LogP contribution in [-0.4, -0.2) is 57.6 Å². The third kappa shape index (κ3) is 7.08. The maximum atomic E-state index is 12.7. The Labute approximate surface area is 186 Å². The summed E-state index contributed by atoms with van der Waals surface area (Å²) in [6, 6.07) is 20.0. The standard InChI is InChI=1S/C24H33N3O3S/c1-26(23-12-6-3-7-13-23)19-16-25-24(28)22-14-17-27(18-15-22)31(29,30)20-8-11-21-9-4-2-5-10-21/h2-7,9-10,12-13,22H,8,11,14-20H2,1H3,(H,25,28). The molecule has 0 bridgehead atoms. The zero-order chi connectivity index (χ0) is 22.1. The van der Waals surface area contributed by atoms with E-state index in [4.69, 9.17) is 0 Å². The first-order chi connectivity index (χ1) is 15.0. The van der Waals surface area contributed by atoms with E-state index in [9.17, 15) is 13.2 Å². The van der Waals surface area contributed by atoms with E-state index in [-0.39, 0.29) is 17.6 Å². The molecule has 0 spiro atoms. The monoisotopic (exact) mass is 443 g/mol. The Bertz CT molecular complexity index is 912. The Balaban J connectivity index is 1.36. The summed E-state index contributed by atoms with van der Waals surface area (Å²) in [5, 5.41) is 3.01. The number of amides is 1. The fourth-order valence-corrected chi connectivity index (χ4v) is 5.47. The van der Waals surface area contributed by atoms with Crippen LogP contribution < -0.4 is 10.2 Å². The molecular formula is C24H33N3O3S. The van der Waals surface area contributed by atoms with Crippen molar-refractivity contribution in [3.05, 3.63) is 66.2 Å². The molecule has 1 fully saturated rings. The lowest BCUT2D eigenvalue weighted by Gasteiger charge is -2.30. The van der Waals surface area contributed by atoms with E-state index in [1.165, 1.54) is 0 Å². The molecule has 2 aromatic carbocycles. The Kier molecular flexibility index (Phi) is 8.49. The maximum absolute atomic E-state index is 12.7. The average molecular weight is 444 g/mol.